The Balaban J connectivity index is 2.31. The van der Waals surface area contributed by atoms with Crippen LogP contribution in [-0.2, 0) is 0 Å². The van der Waals surface area contributed by atoms with Crippen LogP contribution in [-0.4, -0.2) is 16.0 Å². The molecule has 2 rings (SSSR count). The largest absolute Gasteiger partial charge is 0.352 e. The maximum atomic E-state index is 13.6. The van der Waals surface area contributed by atoms with E-state index >= 15 is 0 Å². The molecule has 0 radical (unpaired) electrons. The summed E-state index contributed by atoms with van der Waals surface area (Å²) in [6, 6.07) is 5.47. The van der Waals surface area contributed by atoms with E-state index in [4.69, 9.17) is 0 Å². The molecule has 0 atom stereocenters. The van der Waals surface area contributed by atoms with Gasteiger partial charge in [-0.2, -0.15) is 4.98 Å². The number of anilines is 3. The number of halogens is 2. The third-order valence-corrected chi connectivity index (χ3v) is 2.49. The molecule has 0 unspecified atom stereocenters. The first kappa shape index (κ1) is 14.2. The summed E-state index contributed by atoms with van der Waals surface area (Å²) in [6.07, 6.45) is 0. The maximum Gasteiger partial charge on any atom is 0.225 e. The minimum atomic E-state index is -0.667. The third-order valence-electron chi connectivity index (χ3n) is 2.49. The van der Waals surface area contributed by atoms with Gasteiger partial charge in [0.2, 0.25) is 5.95 Å². The number of aryl methyl sites for hydroxylation is 1. The van der Waals surface area contributed by atoms with Crippen molar-refractivity contribution in [2.75, 3.05) is 10.6 Å². The number of nitrogens with zero attached hydrogens (tertiary/aromatic N) is 2. The molecule has 0 saturated heterocycles. The van der Waals surface area contributed by atoms with Crippen LogP contribution in [0.1, 0.15) is 19.5 Å². The lowest BCUT2D eigenvalue weighted by Gasteiger charge is -2.12. The van der Waals surface area contributed by atoms with Gasteiger partial charge in [0.05, 0.1) is 0 Å². The Bertz CT molecular complexity index is 594. The molecule has 0 spiro atoms. The molecule has 0 bridgehead atoms. The Morgan fingerprint density at radius 1 is 1.10 bits per heavy atom. The predicted molar refractivity (Wildman–Crippen MR) is 75.2 cm³/mol. The second kappa shape index (κ2) is 5.81. The van der Waals surface area contributed by atoms with Crippen molar-refractivity contribution in [1.29, 1.82) is 0 Å². The van der Waals surface area contributed by atoms with Crippen LogP contribution in [0.2, 0.25) is 0 Å². The fraction of sp³-hybridized carbons (Fsp3) is 0.286. The van der Waals surface area contributed by atoms with Gasteiger partial charge in [0.25, 0.3) is 0 Å². The molecule has 1 aromatic carbocycles. The smallest absolute Gasteiger partial charge is 0.225 e. The van der Waals surface area contributed by atoms with Gasteiger partial charge in [-0.1, -0.05) is 6.07 Å². The summed E-state index contributed by atoms with van der Waals surface area (Å²) in [4.78, 5) is 8.40. The minimum absolute atomic E-state index is 0.162. The summed E-state index contributed by atoms with van der Waals surface area (Å²) >= 11 is 0. The van der Waals surface area contributed by atoms with Crippen molar-refractivity contribution in [3.63, 3.8) is 0 Å². The number of hydrogen-bond acceptors (Lipinski definition) is 4. The second-order valence-corrected chi connectivity index (χ2v) is 4.74. The zero-order valence-electron chi connectivity index (χ0n) is 11.5. The van der Waals surface area contributed by atoms with E-state index in [9.17, 15) is 8.78 Å². The summed E-state index contributed by atoms with van der Waals surface area (Å²) in [5, 5.41) is 5.71. The van der Waals surface area contributed by atoms with E-state index in [0.717, 1.165) is 0 Å². The molecule has 2 aromatic rings. The van der Waals surface area contributed by atoms with Gasteiger partial charge < -0.3 is 10.6 Å². The quantitative estimate of drug-likeness (QED) is 0.896. The van der Waals surface area contributed by atoms with Gasteiger partial charge in [-0.05, 0) is 32.9 Å². The van der Waals surface area contributed by atoms with Gasteiger partial charge >= 0.3 is 0 Å². The Morgan fingerprint density at radius 3 is 2.35 bits per heavy atom. The van der Waals surface area contributed by atoms with Gasteiger partial charge in [-0.15, -0.1) is 0 Å². The Morgan fingerprint density at radius 2 is 1.75 bits per heavy atom. The molecule has 0 aliphatic heterocycles. The molecule has 4 nitrogen and oxygen atoms in total. The number of rotatable bonds is 4. The second-order valence-electron chi connectivity index (χ2n) is 4.74. The molecule has 1 heterocycles. The number of para-hydroxylation sites is 1. The molecule has 0 amide bonds. The summed E-state index contributed by atoms with van der Waals surface area (Å²) in [5.74, 6) is -0.580. The standard InChI is InChI=1S/C14H16F2N4/c1-8(2)17-14-18-9(3)7-12(20-14)19-13-10(15)5-4-6-11(13)16/h4-8H,1-3H3,(H2,17,18,19,20). The highest BCUT2D eigenvalue weighted by atomic mass is 19.1. The zero-order valence-corrected chi connectivity index (χ0v) is 11.5. The van der Waals surface area contributed by atoms with Gasteiger partial charge in [0.1, 0.15) is 23.1 Å². The Hall–Kier alpha value is -2.24. The lowest BCUT2D eigenvalue weighted by atomic mass is 10.3. The molecule has 0 fully saturated rings. The Kier molecular flexibility index (Phi) is 4.12. The first-order valence-electron chi connectivity index (χ1n) is 6.29. The van der Waals surface area contributed by atoms with Crippen LogP contribution in [0.15, 0.2) is 24.3 Å². The van der Waals surface area contributed by atoms with Crippen molar-refractivity contribution in [3.8, 4) is 0 Å². The lowest BCUT2D eigenvalue weighted by molar-refractivity contribution is 0.590. The molecular formula is C14H16F2N4. The molecule has 6 heteroatoms. The highest BCUT2D eigenvalue weighted by Crippen LogP contribution is 2.23. The Labute approximate surface area is 116 Å². The van der Waals surface area contributed by atoms with Crippen molar-refractivity contribution in [3.05, 3.63) is 41.6 Å². The van der Waals surface area contributed by atoms with Crippen molar-refractivity contribution < 1.29 is 8.78 Å². The van der Waals surface area contributed by atoms with Crippen LogP contribution < -0.4 is 10.6 Å². The van der Waals surface area contributed by atoms with E-state index in [-0.39, 0.29) is 11.7 Å². The van der Waals surface area contributed by atoms with Gasteiger partial charge in [0, 0.05) is 17.8 Å². The number of aromatic nitrogens is 2. The average molecular weight is 278 g/mol. The van der Waals surface area contributed by atoms with E-state index in [2.05, 4.69) is 20.6 Å². The van der Waals surface area contributed by atoms with E-state index in [1.54, 1.807) is 13.0 Å². The molecule has 2 N–H and O–H groups in total. The highest BCUT2D eigenvalue weighted by Gasteiger charge is 2.10. The van der Waals surface area contributed by atoms with Crippen LogP contribution in [0.4, 0.5) is 26.2 Å². The monoisotopic (exact) mass is 278 g/mol. The van der Waals surface area contributed by atoms with Crippen molar-refractivity contribution in [2.45, 2.75) is 26.8 Å². The molecule has 106 valence electrons. The van der Waals surface area contributed by atoms with Crippen LogP contribution in [0.25, 0.3) is 0 Å². The van der Waals surface area contributed by atoms with Gasteiger partial charge in [-0.25, -0.2) is 13.8 Å². The van der Waals surface area contributed by atoms with Crippen molar-refractivity contribution in [1.82, 2.24) is 9.97 Å². The normalized spacial score (nSPS) is 10.7. The van der Waals surface area contributed by atoms with E-state index < -0.39 is 11.6 Å². The summed E-state index contributed by atoms with van der Waals surface area (Å²) in [7, 11) is 0. The molecule has 0 aliphatic carbocycles. The van der Waals surface area contributed by atoms with Crippen LogP contribution >= 0.6 is 0 Å². The van der Waals surface area contributed by atoms with Crippen LogP contribution in [0.5, 0.6) is 0 Å². The lowest BCUT2D eigenvalue weighted by Crippen LogP contribution is -2.13. The van der Waals surface area contributed by atoms with Crippen LogP contribution in [0.3, 0.4) is 0 Å². The summed E-state index contributed by atoms with van der Waals surface area (Å²) < 4.78 is 27.2. The predicted octanol–water partition coefficient (Wildman–Crippen LogP) is 3.63. The maximum absolute atomic E-state index is 13.6. The zero-order chi connectivity index (χ0) is 14.7. The third kappa shape index (κ3) is 3.40. The van der Waals surface area contributed by atoms with Gasteiger partial charge in [0.15, 0.2) is 0 Å². The molecule has 20 heavy (non-hydrogen) atoms. The van der Waals surface area contributed by atoms with E-state index in [0.29, 0.717) is 17.5 Å². The fourth-order valence-electron chi connectivity index (χ4n) is 1.70. The topological polar surface area (TPSA) is 49.8 Å². The van der Waals surface area contributed by atoms with E-state index in [1.165, 1.54) is 18.2 Å². The number of hydrogen-bond donors (Lipinski definition) is 2. The van der Waals surface area contributed by atoms with Gasteiger partial charge in [-0.3, -0.25) is 0 Å². The first-order valence-corrected chi connectivity index (χ1v) is 6.29. The first-order chi connectivity index (χ1) is 9.45. The van der Waals surface area contributed by atoms with Crippen molar-refractivity contribution >= 4 is 17.5 Å². The summed E-state index contributed by atoms with van der Waals surface area (Å²) in [6.45, 7) is 5.70. The number of benzene rings is 1. The number of nitrogens with one attached hydrogen (secondary N) is 2. The molecule has 0 saturated carbocycles. The van der Waals surface area contributed by atoms with Crippen molar-refractivity contribution in [2.24, 2.45) is 0 Å². The minimum Gasteiger partial charge on any atom is -0.352 e. The highest BCUT2D eigenvalue weighted by molar-refractivity contribution is 5.59. The fourth-order valence-corrected chi connectivity index (χ4v) is 1.70. The average Bonchev–Trinajstić information content (AvgIpc) is 2.32. The molecule has 0 aliphatic rings. The molecular weight excluding hydrogens is 262 g/mol. The SMILES string of the molecule is Cc1cc(Nc2c(F)cccc2F)nc(NC(C)C)n1. The summed E-state index contributed by atoms with van der Waals surface area (Å²) in [5.41, 5.74) is 0.475. The van der Waals surface area contributed by atoms with Crippen LogP contribution in [0, 0.1) is 18.6 Å². The molecule has 1 aromatic heterocycles. The van der Waals surface area contributed by atoms with E-state index in [1.807, 2.05) is 13.8 Å².